The summed E-state index contributed by atoms with van der Waals surface area (Å²) in [5.41, 5.74) is 0.896. The normalized spacial score (nSPS) is 17.5. The summed E-state index contributed by atoms with van der Waals surface area (Å²) in [5.74, 6) is 0. The van der Waals surface area contributed by atoms with E-state index in [2.05, 4.69) is 16.9 Å². The first-order chi connectivity index (χ1) is 11.5. The average molecular weight is 366 g/mol. The van der Waals surface area contributed by atoms with Crippen LogP contribution in [0.2, 0.25) is 5.02 Å². The lowest BCUT2D eigenvalue weighted by Gasteiger charge is -2.37. The second-order valence-corrected chi connectivity index (χ2v) is 8.24. The van der Waals surface area contributed by atoms with Gasteiger partial charge in [-0.3, -0.25) is 0 Å². The van der Waals surface area contributed by atoms with E-state index in [-0.39, 0.29) is 10.3 Å². The van der Waals surface area contributed by atoms with Crippen LogP contribution in [-0.2, 0) is 20.2 Å². The molecule has 24 heavy (non-hydrogen) atoms. The molecule has 0 unspecified atom stereocenters. The molecule has 0 aliphatic carbocycles. The number of nitrogens with one attached hydrogen (secondary N) is 1. The number of halogens is 1. The molecule has 0 radical (unpaired) electrons. The lowest BCUT2D eigenvalue weighted by molar-refractivity contribution is 0.0517. The van der Waals surface area contributed by atoms with Gasteiger partial charge in [0.1, 0.15) is 0 Å². The van der Waals surface area contributed by atoms with E-state index in [0.29, 0.717) is 24.8 Å². The van der Waals surface area contributed by atoms with E-state index in [1.165, 1.54) is 6.07 Å². The predicted molar refractivity (Wildman–Crippen MR) is 94.8 cm³/mol. The number of ether oxygens (including phenoxy) is 1. The van der Waals surface area contributed by atoms with Crippen LogP contribution in [0.4, 0.5) is 0 Å². The Kier molecular flexibility index (Phi) is 5.25. The molecule has 1 saturated heterocycles. The SMILES string of the molecule is O=S(=O)(NCC1(c2ccccc2)CCOCC1)c1cccc(Cl)c1. The van der Waals surface area contributed by atoms with Gasteiger partial charge in [0.05, 0.1) is 4.90 Å². The van der Waals surface area contributed by atoms with Crippen molar-refractivity contribution in [1.29, 1.82) is 0 Å². The molecule has 0 amide bonds. The van der Waals surface area contributed by atoms with Crippen molar-refractivity contribution in [2.45, 2.75) is 23.2 Å². The summed E-state index contributed by atoms with van der Waals surface area (Å²) in [4.78, 5) is 0.185. The number of hydrogen-bond acceptors (Lipinski definition) is 3. The Labute approximate surface area is 147 Å². The van der Waals surface area contributed by atoms with Gasteiger partial charge >= 0.3 is 0 Å². The number of hydrogen-bond donors (Lipinski definition) is 1. The van der Waals surface area contributed by atoms with Crippen molar-refractivity contribution >= 4 is 21.6 Å². The van der Waals surface area contributed by atoms with E-state index < -0.39 is 10.0 Å². The third-order valence-electron chi connectivity index (χ3n) is 4.54. The number of benzene rings is 2. The Morgan fingerprint density at radius 1 is 1.04 bits per heavy atom. The number of rotatable bonds is 5. The fourth-order valence-corrected chi connectivity index (χ4v) is 4.50. The van der Waals surface area contributed by atoms with E-state index in [1.54, 1.807) is 18.2 Å². The summed E-state index contributed by atoms with van der Waals surface area (Å²) in [6.07, 6.45) is 1.57. The molecule has 0 spiro atoms. The van der Waals surface area contributed by atoms with Crippen molar-refractivity contribution < 1.29 is 13.2 Å². The van der Waals surface area contributed by atoms with Crippen molar-refractivity contribution in [2.75, 3.05) is 19.8 Å². The van der Waals surface area contributed by atoms with Crippen molar-refractivity contribution in [3.05, 3.63) is 65.2 Å². The fourth-order valence-electron chi connectivity index (χ4n) is 3.07. The second kappa shape index (κ2) is 7.23. The van der Waals surface area contributed by atoms with Crippen molar-refractivity contribution in [3.8, 4) is 0 Å². The van der Waals surface area contributed by atoms with E-state index in [0.717, 1.165) is 18.4 Å². The van der Waals surface area contributed by atoms with Crippen LogP contribution in [0.5, 0.6) is 0 Å². The van der Waals surface area contributed by atoms with Gasteiger partial charge < -0.3 is 4.74 Å². The van der Waals surface area contributed by atoms with Crippen LogP contribution in [0.15, 0.2) is 59.5 Å². The molecule has 0 aromatic heterocycles. The van der Waals surface area contributed by atoms with Crippen LogP contribution in [-0.4, -0.2) is 28.2 Å². The summed E-state index contributed by atoms with van der Waals surface area (Å²) in [6, 6.07) is 16.3. The summed E-state index contributed by atoms with van der Waals surface area (Å²) in [5, 5.41) is 0.404. The maximum absolute atomic E-state index is 12.6. The van der Waals surface area contributed by atoms with Crippen LogP contribution in [0.1, 0.15) is 18.4 Å². The minimum atomic E-state index is -3.60. The Morgan fingerprint density at radius 2 is 1.75 bits per heavy atom. The van der Waals surface area contributed by atoms with Crippen LogP contribution in [0.3, 0.4) is 0 Å². The minimum Gasteiger partial charge on any atom is -0.381 e. The molecular weight excluding hydrogens is 346 g/mol. The monoisotopic (exact) mass is 365 g/mol. The first-order valence-corrected chi connectivity index (χ1v) is 9.77. The lowest BCUT2D eigenvalue weighted by atomic mass is 9.74. The van der Waals surface area contributed by atoms with Crippen LogP contribution in [0.25, 0.3) is 0 Å². The molecule has 1 aliphatic heterocycles. The summed E-state index contributed by atoms with van der Waals surface area (Å²) in [6.45, 7) is 1.61. The molecule has 2 aromatic rings. The van der Waals surface area contributed by atoms with E-state index in [1.807, 2.05) is 18.2 Å². The van der Waals surface area contributed by atoms with Gasteiger partial charge in [-0.1, -0.05) is 48.0 Å². The highest BCUT2D eigenvalue weighted by molar-refractivity contribution is 7.89. The maximum Gasteiger partial charge on any atom is 0.240 e. The van der Waals surface area contributed by atoms with Gasteiger partial charge in [-0.15, -0.1) is 0 Å². The highest BCUT2D eigenvalue weighted by Crippen LogP contribution is 2.34. The molecule has 4 nitrogen and oxygen atoms in total. The minimum absolute atomic E-state index is 0.185. The predicted octanol–water partition coefficient (Wildman–Crippen LogP) is 3.37. The van der Waals surface area contributed by atoms with Gasteiger partial charge in [-0.2, -0.15) is 0 Å². The molecule has 1 fully saturated rings. The zero-order valence-electron chi connectivity index (χ0n) is 13.2. The molecule has 1 aliphatic rings. The first kappa shape index (κ1) is 17.4. The Morgan fingerprint density at radius 3 is 2.42 bits per heavy atom. The van der Waals surface area contributed by atoms with Gasteiger partial charge in [0.15, 0.2) is 0 Å². The van der Waals surface area contributed by atoms with Gasteiger partial charge in [0, 0.05) is 30.2 Å². The second-order valence-electron chi connectivity index (χ2n) is 6.04. The summed E-state index contributed by atoms with van der Waals surface area (Å²) >= 11 is 5.91. The molecule has 1 heterocycles. The molecular formula is C18H20ClNO3S. The molecule has 3 rings (SSSR count). The van der Waals surface area contributed by atoms with Gasteiger partial charge in [-0.05, 0) is 36.6 Å². The smallest absolute Gasteiger partial charge is 0.240 e. The van der Waals surface area contributed by atoms with Gasteiger partial charge in [-0.25, -0.2) is 13.1 Å². The lowest BCUT2D eigenvalue weighted by Crippen LogP contribution is -2.44. The van der Waals surface area contributed by atoms with E-state index in [4.69, 9.17) is 16.3 Å². The molecule has 0 bridgehead atoms. The van der Waals surface area contributed by atoms with E-state index >= 15 is 0 Å². The molecule has 0 atom stereocenters. The Hall–Kier alpha value is -1.40. The van der Waals surface area contributed by atoms with Crippen molar-refractivity contribution in [2.24, 2.45) is 0 Å². The maximum atomic E-state index is 12.6. The third kappa shape index (κ3) is 3.81. The molecule has 6 heteroatoms. The average Bonchev–Trinajstić information content (AvgIpc) is 2.62. The largest absolute Gasteiger partial charge is 0.381 e. The Bertz CT molecular complexity index is 787. The number of sulfonamides is 1. The highest BCUT2D eigenvalue weighted by atomic mass is 35.5. The van der Waals surface area contributed by atoms with Crippen LogP contribution >= 0.6 is 11.6 Å². The van der Waals surface area contributed by atoms with Crippen LogP contribution < -0.4 is 4.72 Å². The molecule has 2 aromatic carbocycles. The fraction of sp³-hybridized carbons (Fsp3) is 0.333. The van der Waals surface area contributed by atoms with Crippen molar-refractivity contribution in [3.63, 3.8) is 0 Å². The highest BCUT2D eigenvalue weighted by Gasteiger charge is 2.35. The first-order valence-electron chi connectivity index (χ1n) is 7.90. The van der Waals surface area contributed by atoms with Crippen molar-refractivity contribution in [1.82, 2.24) is 4.72 Å². The topological polar surface area (TPSA) is 55.4 Å². The molecule has 1 N–H and O–H groups in total. The van der Waals surface area contributed by atoms with Crippen LogP contribution in [0, 0.1) is 0 Å². The summed E-state index contributed by atoms with van der Waals surface area (Å²) in [7, 11) is -3.60. The van der Waals surface area contributed by atoms with E-state index in [9.17, 15) is 8.42 Å². The van der Waals surface area contributed by atoms with Gasteiger partial charge in [0.2, 0.25) is 10.0 Å². The quantitative estimate of drug-likeness (QED) is 0.883. The summed E-state index contributed by atoms with van der Waals surface area (Å²) < 4.78 is 33.5. The zero-order chi connectivity index (χ0) is 17.0. The Balaban J connectivity index is 1.84. The zero-order valence-corrected chi connectivity index (χ0v) is 14.8. The standard InChI is InChI=1S/C18H20ClNO3S/c19-16-7-4-8-17(13-16)24(21,22)20-14-18(9-11-23-12-10-18)15-5-2-1-3-6-15/h1-8,13,20H,9-12,14H2. The molecule has 0 saturated carbocycles. The molecule has 128 valence electrons. The van der Waals surface area contributed by atoms with Gasteiger partial charge in [0.25, 0.3) is 0 Å². The third-order valence-corrected chi connectivity index (χ3v) is 6.18.